The molecule has 0 spiro atoms. The fourth-order valence-corrected chi connectivity index (χ4v) is 2.87. The van der Waals surface area contributed by atoms with Gasteiger partial charge in [-0.3, -0.25) is 9.58 Å². The lowest BCUT2D eigenvalue weighted by atomic mass is 10.2. The molecule has 0 radical (unpaired) electrons. The van der Waals surface area contributed by atoms with Crippen molar-refractivity contribution in [3.63, 3.8) is 0 Å². The maximum atomic E-state index is 13.0. The number of rotatable bonds is 4. The Kier molecular flexibility index (Phi) is 5.08. The zero-order valence-electron chi connectivity index (χ0n) is 13.9. The van der Waals surface area contributed by atoms with Crippen LogP contribution in [0.5, 0.6) is 0 Å². The van der Waals surface area contributed by atoms with E-state index in [4.69, 9.17) is 0 Å². The normalized spacial score (nSPS) is 16.5. The second-order valence-electron chi connectivity index (χ2n) is 6.02. The molecule has 0 unspecified atom stereocenters. The predicted octanol–water partition coefficient (Wildman–Crippen LogP) is 2.49. The minimum atomic E-state index is -4.52. The van der Waals surface area contributed by atoms with Crippen LogP contribution in [0.25, 0.3) is 0 Å². The van der Waals surface area contributed by atoms with Crippen molar-refractivity contribution in [2.45, 2.75) is 19.1 Å². The average Bonchev–Trinajstić information content (AvgIpc) is 2.95. The molecule has 2 aromatic rings. The first-order chi connectivity index (χ1) is 12.2. The number of halogens is 5. The van der Waals surface area contributed by atoms with Crippen LogP contribution in [0.4, 0.5) is 27.9 Å². The van der Waals surface area contributed by atoms with E-state index in [0.717, 1.165) is 12.3 Å². The van der Waals surface area contributed by atoms with Gasteiger partial charge in [0, 0.05) is 57.7 Å². The second-order valence-corrected chi connectivity index (χ2v) is 6.02. The van der Waals surface area contributed by atoms with Gasteiger partial charge in [-0.05, 0) is 6.07 Å². The standard InChI is InChI=1S/C15H17F5N6/c1-24-8-10(12(23-24)13(16)17)9-25-4-6-26(7-5-25)14-21-3-2-11(22-14)15(18,19)20/h2-3,8,13H,4-7,9H2,1H3. The van der Waals surface area contributed by atoms with Crippen LogP contribution in [0.3, 0.4) is 0 Å². The Hall–Kier alpha value is -2.30. The van der Waals surface area contributed by atoms with Crippen LogP contribution in [0.2, 0.25) is 0 Å². The van der Waals surface area contributed by atoms with Crippen LogP contribution in [0.15, 0.2) is 18.5 Å². The predicted molar refractivity (Wildman–Crippen MR) is 82.7 cm³/mol. The molecule has 6 nitrogen and oxygen atoms in total. The summed E-state index contributed by atoms with van der Waals surface area (Å²) in [7, 11) is 1.58. The fraction of sp³-hybridized carbons (Fsp3) is 0.533. The second kappa shape index (κ2) is 7.14. The first-order valence-electron chi connectivity index (χ1n) is 7.92. The van der Waals surface area contributed by atoms with Gasteiger partial charge in [0.05, 0.1) is 0 Å². The van der Waals surface area contributed by atoms with Gasteiger partial charge in [0.1, 0.15) is 11.4 Å². The topological polar surface area (TPSA) is 50.1 Å². The van der Waals surface area contributed by atoms with Crippen LogP contribution in [0.1, 0.15) is 23.4 Å². The summed E-state index contributed by atoms with van der Waals surface area (Å²) >= 11 is 0. The Morgan fingerprint density at radius 2 is 1.85 bits per heavy atom. The van der Waals surface area contributed by atoms with Crippen molar-refractivity contribution in [1.82, 2.24) is 24.6 Å². The highest BCUT2D eigenvalue weighted by Gasteiger charge is 2.33. The van der Waals surface area contributed by atoms with Crippen LogP contribution < -0.4 is 4.90 Å². The highest BCUT2D eigenvalue weighted by molar-refractivity contribution is 5.32. The maximum absolute atomic E-state index is 13.0. The van der Waals surface area contributed by atoms with Crippen molar-refractivity contribution >= 4 is 5.95 Å². The van der Waals surface area contributed by atoms with Crippen LogP contribution in [0, 0.1) is 0 Å². The molecule has 1 fully saturated rings. The van der Waals surface area contributed by atoms with Crippen LogP contribution >= 0.6 is 0 Å². The molecule has 0 amide bonds. The molecule has 1 aliphatic rings. The van der Waals surface area contributed by atoms with Gasteiger partial charge in [0.2, 0.25) is 5.95 Å². The largest absolute Gasteiger partial charge is 0.433 e. The number of aryl methyl sites for hydroxylation is 1. The minimum absolute atomic E-state index is 0.0223. The SMILES string of the molecule is Cn1cc(CN2CCN(c3nccc(C(F)(F)F)n3)CC2)c(C(F)F)n1. The van der Waals surface area contributed by atoms with Crippen molar-refractivity contribution < 1.29 is 22.0 Å². The van der Waals surface area contributed by atoms with Crippen molar-refractivity contribution in [3.05, 3.63) is 35.4 Å². The number of anilines is 1. The van der Waals surface area contributed by atoms with Gasteiger partial charge in [-0.15, -0.1) is 0 Å². The number of hydrogen-bond donors (Lipinski definition) is 0. The lowest BCUT2D eigenvalue weighted by Crippen LogP contribution is -2.46. The van der Waals surface area contributed by atoms with E-state index in [9.17, 15) is 22.0 Å². The van der Waals surface area contributed by atoms with E-state index in [0.29, 0.717) is 38.3 Å². The summed E-state index contributed by atoms with van der Waals surface area (Å²) in [5.74, 6) is 0.0223. The summed E-state index contributed by atoms with van der Waals surface area (Å²) in [6.45, 7) is 2.12. The molecule has 3 rings (SSSR count). The third kappa shape index (κ3) is 4.09. The third-order valence-electron chi connectivity index (χ3n) is 4.13. The van der Waals surface area contributed by atoms with E-state index >= 15 is 0 Å². The molecule has 1 saturated heterocycles. The van der Waals surface area contributed by atoms with Crippen molar-refractivity contribution in [3.8, 4) is 0 Å². The van der Waals surface area contributed by atoms with Gasteiger partial charge >= 0.3 is 6.18 Å². The average molecular weight is 376 g/mol. The Morgan fingerprint density at radius 1 is 1.15 bits per heavy atom. The van der Waals surface area contributed by atoms with Crippen molar-refractivity contribution in [2.24, 2.45) is 7.05 Å². The summed E-state index contributed by atoms with van der Waals surface area (Å²) in [4.78, 5) is 11.1. The first kappa shape index (κ1) is 18.5. The Bertz CT molecular complexity index is 751. The number of piperazine rings is 1. The highest BCUT2D eigenvalue weighted by Crippen LogP contribution is 2.28. The van der Waals surface area contributed by atoms with E-state index in [1.807, 2.05) is 4.90 Å². The van der Waals surface area contributed by atoms with E-state index in [2.05, 4.69) is 15.1 Å². The monoisotopic (exact) mass is 376 g/mol. The van der Waals surface area contributed by atoms with E-state index in [-0.39, 0.29) is 11.6 Å². The molecule has 0 aliphatic carbocycles. The smallest absolute Gasteiger partial charge is 0.338 e. The fourth-order valence-electron chi connectivity index (χ4n) is 2.87. The van der Waals surface area contributed by atoms with Crippen molar-refractivity contribution in [1.29, 1.82) is 0 Å². The van der Waals surface area contributed by atoms with E-state index < -0.39 is 18.3 Å². The number of aromatic nitrogens is 4. The van der Waals surface area contributed by atoms with Crippen LogP contribution in [-0.4, -0.2) is 50.8 Å². The zero-order valence-corrected chi connectivity index (χ0v) is 13.9. The molecule has 2 aromatic heterocycles. The van der Waals surface area contributed by atoms with Crippen molar-refractivity contribution in [2.75, 3.05) is 31.1 Å². The Labute approximate surface area is 146 Å². The molecule has 0 saturated carbocycles. The molecule has 0 aromatic carbocycles. The number of alkyl halides is 5. The maximum Gasteiger partial charge on any atom is 0.433 e. The lowest BCUT2D eigenvalue weighted by molar-refractivity contribution is -0.141. The molecular formula is C15H17F5N6. The third-order valence-corrected chi connectivity index (χ3v) is 4.13. The summed E-state index contributed by atoms with van der Waals surface area (Å²) < 4.78 is 65.6. The van der Waals surface area contributed by atoms with Gasteiger partial charge in [0.15, 0.2) is 0 Å². The molecule has 142 valence electrons. The lowest BCUT2D eigenvalue weighted by Gasteiger charge is -2.34. The van der Waals surface area contributed by atoms with Gasteiger partial charge < -0.3 is 4.90 Å². The van der Waals surface area contributed by atoms with E-state index in [1.54, 1.807) is 18.1 Å². The van der Waals surface area contributed by atoms with Gasteiger partial charge in [0.25, 0.3) is 6.43 Å². The Morgan fingerprint density at radius 3 is 2.46 bits per heavy atom. The molecule has 0 N–H and O–H groups in total. The molecular weight excluding hydrogens is 359 g/mol. The summed E-state index contributed by atoms with van der Waals surface area (Å²) in [5.41, 5.74) is -0.774. The van der Waals surface area contributed by atoms with Gasteiger partial charge in [-0.2, -0.15) is 18.3 Å². The number of hydrogen-bond acceptors (Lipinski definition) is 5. The summed E-state index contributed by atoms with van der Waals surface area (Å²) in [5, 5.41) is 3.77. The number of nitrogens with zero attached hydrogens (tertiary/aromatic N) is 6. The summed E-state index contributed by atoms with van der Waals surface area (Å²) in [6.07, 6.45) is -4.52. The molecule has 11 heteroatoms. The molecule has 0 bridgehead atoms. The molecule has 26 heavy (non-hydrogen) atoms. The molecule has 1 aliphatic heterocycles. The van der Waals surface area contributed by atoms with Crippen LogP contribution in [-0.2, 0) is 19.8 Å². The Balaban J connectivity index is 1.63. The quantitative estimate of drug-likeness (QED) is 0.768. The summed E-state index contributed by atoms with van der Waals surface area (Å²) in [6, 6.07) is 0.827. The minimum Gasteiger partial charge on any atom is -0.338 e. The molecule has 3 heterocycles. The van der Waals surface area contributed by atoms with Gasteiger partial charge in [-0.1, -0.05) is 0 Å². The zero-order chi connectivity index (χ0) is 18.9. The van der Waals surface area contributed by atoms with Gasteiger partial charge in [-0.25, -0.2) is 18.7 Å². The van der Waals surface area contributed by atoms with E-state index in [1.165, 1.54) is 4.68 Å². The first-order valence-corrected chi connectivity index (χ1v) is 7.92. The molecule has 0 atom stereocenters. The highest BCUT2D eigenvalue weighted by atomic mass is 19.4.